The van der Waals surface area contributed by atoms with E-state index in [-0.39, 0.29) is 0 Å². The molecule has 31 heavy (non-hydrogen) atoms. The Morgan fingerprint density at radius 3 is 2.00 bits per heavy atom. The van der Waals surface area contributed by atoms with Crippen molar-refractivity contribution in [1.82, 2.24) is 0 Å². The van der Waals surface area contributed by atoms with E-state index >= 15 is 0 Å². The van der Waals surface area contributed by atoms with E-state index in [0.717, 1.165) is 11.8 Å². The Labute approximate surface area is 212 Å². The largest absolute Gasteiger partial charge is 0.161 e. The minimum absolute atomic E-state index is 0.340. The summed E-state index contributed by atoms with van der Waals surface area (Å²) in [7, 11) is 0. The van der Waals surface area contributed by atoms with Crippen LogP contribution >= 0.6 is 70.6 Å². The van der Waals surface area contributed by atoms with Crippen molar-refractivity contribution in [3.63, 3.8) is 0 Å². The number of hydrogen-bond acceptors (Lipinski definition) is 6. The first-order valence-electron chi connectivity index (χ1n) is 11.5. The van der Waals surface area contributed by atoms with Crippen LogP contribution in [0.1, 0.15) is 13.8 Å². The minimum Gasteiger partial charge on any atom is -0.161 e. The smallest absolute Gasteiger partial charge is 0.0235 e. The van der Waals surface area contributed by atoms with Gasteiger partial charge in [0.05, 0.1) is 0 Å². The molecule has 4 atom stereocenters. The fourth-order valence-corrected chi connectivity index (χ4v) is 16.2. The molecule has 2 aliphatic carbocycles. The molecular weight excluding hydrogens is 493 g/mol. The van der Waals surface area contributed by atoms with E-state index < -0.39 is 0 Å². The van der Waals surface area contributed by atoms with Gasteiger partial charge in [0.25, 0.3) is 0 Å². The highest BCUT2D eigenvalue weighted by molar-refractivity contribution is 8.04. The van der Waals surface area contributed by atoms with E-state index in [2.05, 4.69) is 84.4 Å². The van der Waals surface area contributed by atoms with Crippen LogP contribution in [-0.2, 0) is 0 Å². The van der Waals surface area contributed by atoms with Gasteiger partial charge in [0.1, 0.15) is 0 Å². The Kier molecular flexibility index (Phi) is 5.36. The molecule has 0 aromatic carbocycles. The van der Waals surface area contributed by atoms with E-state index in [1.165, 1.54) is 63.3 Å². The second kappa shape index (κ2) is 7.78. The van der Waals surface area contributed by atoms with Gasteiger partial charge in [0.15, 0.2) is 0 Å². The second-order valence-corrected chi connectivity index (χ2v) is 16.5. The second-order valence-electron chi connectivity index (χ2n) is 10.5. The summed E-state index contributed by atoms with van der Waals surface area (Å²) in [6, 6.07) is 0. The van der Waals surface area contributed by atoms with Gasteiger partial charge in [-0.25, -0.2) is 0 Å². The van der Waals surface area contributed by atoms with Gasteiger partial charge < -0.3 is 0 Å². The van der Waals surface area contributed by atoms with E-state index in [0.29, 0.717) is 10.8 Å². The first-order valence-corrected chi connectivity index (χ1v) is 18.3. The fraction of sp³-hybridized carbons (Fsp3) is 0.680. The molecule has 0 nitrogen and oxygen atoms in total. The topological polar surface area (TPSA) is 0 Å². The quantitative estimate of drug-likeness (QED) is 0.338. The summed E-state index contributed by atoms with van der Waals surface area (Å²) in [5.41, 5.74) is 13.5. The van der Waals surface area contributed by atoms with Crippen LogP contribution in [0.25, 0.3) is 0 Å². The Hall–Kier alpha value is 1.06. The van der Waals surface area contributed by atoms with Gasteiger partial charge >= 0.3 is 0 Å². The third-order valence-electron chi connectivity index (χ3n) is 9.04. The molecule has 0 saturated carbocycles. The van der Waals surface area contributed by atoms with Crippen molar-refractivity contribution < 1.29 is 0 Å². The molecule has 6 heteroatoms. The number of allylic oxidation sites excluding steroid dienone is 1. The van der Waals surface area contributed by atoms with Crippen LogP contribution in [0, 0.1) is 22.7 Å². The molecule has 0 spiro atoms. The van der Waals surface area contributed by atoms with Gasteiger partial charge in [-0.3, -0.25) is 0 Å². The Bertz CT molecular complexity index is 912. The van der Waals surface area contributed by atoms with Crippen molar-refractivity contribution in [2.75, 3.05) is 63.3 Å². The molecule has 166 valence electrons. The molecule has 6 aliphatic heterocycles. The molecule has 0 amide bonds. The summed E-state index contributed by atoms with van der Waals surface area (Å²) < 4.78 is 0. The fourth-order valence-electron chi connectivity index (χ4n) is 7.11. The molecule has 8 rings (SSSR count). The van der Waals surface area contributed by atoms with Crippen molar-refractivity contribution in [1.29, 1.82) is 0 Å². The maximum absolute atomic E-state index is 2.69. The van der Waals surface area contributed by atoms with Gasteiger partial charge in [-0.05, 0) is 27.9 Å². The van der Waals surface area contributed by atoms with Crippen LogP contribution in [0.5, 0.6) is 0 Å². The Morgan fingerprint density at radius 2 is 1.19 bits per heavy atom. The van der Waals surface area contributed by atoms with Crippen LogP contribution in [0.3, 0.4) is 0 Å². The van der Waals surface area contributed by atoms with E-state index in [1.807, 2.05) is 22.3 Å². The summed E-state index contributed by atoms with van der Waals surface area (Å²) >= 11 is 13.7. The third-order valence-corrected chi connectivity index (χ3v) is 16.0. The Morgan fingerprint density at radius 1 is 0.581 bits per heavy atom. The predicted octanol–water partition coefficient (Wildman–Crippen LogP) is 6.87. The SMILES string of the molecule is CC12CSCC3(C)C4=C5SCC(=C1CSC4)C1=C4CSCC(=C5CSC1)[C@H]3CSC[C@H]42. The summed E-state index contributed by atoms with van der Waals surface area (Å²) in [6.45, 7) is 5.37. The average Bonchev–Trinajstić information content (AvgIpc) is 2.91. The summed E-state index contributed by atoms with van der Waals surface area (Å²) in [5.74, 6) is 15.7. The molecular formula is C25H30S6. The van der Waals surface area contributed by atoms with E-state index in [9.17, 15) is 0 Å². The summed E-state index contributed by atoms with van der Waals surface area (Å²) in [5, 5.41) is 0. The highest BCUT2D eigenvalue weighted by Gasteiger charge is 2.52. The van der Waals surface area contributed by atoms with Crippen LogP contribution in [0.4, 0.5) is 0 Å². The monoisotopic (exact) mass is 522 g/mol. The Balaban J connectivity index is 1.63. The molecule has 0 aromatic heterocycles. The first-order chi connectivity index (χ1) is 15.1. The molecule has 4 saturated heterocycles. The highest BCUT2D eigenvalue weighted by atomic mass is 32.2. The van der Waals surface area contributed by atoms with E-state index in [1.54, 1.807) is 21.6 Å². The lowest BCUT2D eigenvalue weighted by molar-refractivity contribution is 0.314. The van der Waals surface area contributed by atoms with Crippen LogP contribution in [0.15, 0.2) is 43.9 Å². The first kappa shape index (κ1) is 21.4. The molecule has 2 unspecified atom stereocenters. The predicted molar refractivity (Wildman–Crippen MR) is 150 cm³/mol. The van der Waals surface area contributed by atoms with Crippen molar-refractivity contribution in [2.24, 2.45) is 22.7 Å². The van der Waals surface area contributed by atoms with Gasteiger partial charge in [-0.15, -0.1) is 11.8 Å². The lowest BCUT2D eigenvalue weighted by Crippen LogP contribution is -2.46. The van der Waals surface area contributed by atoms with E-state index in [4.69, 9.17) is 0 Å². The van der Waals surface area contributed by atoms with Crippen molar-refractivity contribution >= 4 is 70.6 Å². The third kappa shape index (κ3) is 2.96. The van der Waals surface area contributed by atoms with Crippen molar-refractivity contribution in [3.8, 4) is 0 Å². The maximum atomic E-state index is 2.69. The van der Waals surface area contributed by atoms with Crippen LogP contribution < -0.4 is 0 Å². The van der Waals surface area contributed by atoms with Crippen LogP contribution in [0.2, 0.25) is 0 Å². The lowest BCUT2D eigenvalue weighted by Gasteiger charge is -2.52. The molecule has 12 bridgehead atoms. The zero-order valence-electron chi connectivity index (χ0n) is 18.4. The number of hydrogen-bond donors (Lipinski definition) is 0. The van der Waals surface area contributed by atoms with Gasteiger partial charge in [-0.2, -0.15) is 58.8 Å². The number of thioether (sulfide) groups is 6. The summed E-state index contributed by atoms with van der Waals surface area (Å²) in [4.78, 5) is 1.75. The lowest BCUT2D eigenvalue weighted by atomic mass is 9.64. The molecule has 0 aromatic rings. The molecule has 6 heterocycles. The van der Waals surface area contributed by atoms with Crippen molar-refractivity contribution in [3.05, 3.63) is 43.9 Å². The minimum atomic E-state index is 0.340. The van der Waals surface area contributed by atoms with Gasteiger partial charge in [0, 0.05) is 90.9 Å². The molecule has 0 radical (unpaired) electrons. The molecule has 8 aliphatic rings. The average molecular weight is 523 g/mol. The highest BCUT2D eigenvalue weighted by Crippen LogP contribution is 2.62. The molecule has 4 fully saturated rings. The van der Waals surface area contributed by atoms with Gasteiger partial charge in [0.2, 0.25) is 0 Å². The number of rotatable bonds is 0. The summed E-state index contributed by atoms with van der Waals surface area (Å²) in [6.07, 6.45) is 0. The zero-order chi connectivity index (χ0) is 20.8. The zero-order valence-corrected chi connectivity index (χ0v) is 23.3. The normalized spacial score (nSPS) is 42.0. The van der Waals surface area contributed by atoms with Gasteiger partial charge in [-0.1, -0.05) is 25.0 Å². The standard InChI is InChI=1S/C25H30S6/c1-24-12-30-13-25(2)20-9-28-8-19(24)15-4-27-5-16(20)18-6-26-3-14(15)17-7-31-23(18)22(25)11-29-10-21(17)24/h19-20H,3-13H2,1-2H3/t19-,20-,24?,25?/m1/s1. The number of fused-ring (bicyclic) bond motifs is 11. The van der Waals surface area contributed by atoms with Crippen molar-refractivity contribution in [2.45, 2.75) is 13.8 Å². The molecule has 0 N–H and O–H groups in total. The maximum Gasteiger partial charge on any atom is 0.0235 e. The van der Waals surface area contributed by atoms with Crippen LogP contribution in [-0.4, -0.2) is 63.3 Å².